The van der Waals surface area contributed by atoms with Crippen molar-refractivity contribution in [1.82, 2.24) is 4.57 Å². The highest BCUT2D eigenvalue weighted by atomic mass is 32.1. The van der Waals surface area contributed by atoms with Crippen LogP contribution in [0.5, 0.6) is 0 Å². The van der Waals surface area contributed by atoms with Gasteiger partial charge in [-0.1, -0.05) is 17.4 Å². The average Bonchev–Trinajstić information content (AvgIpc) is 3.07. The van der Waals surface area contributed by atoms with Crippen LogP contribution in [-0.2, 0) is 16.1 Å². The number of halogens is 1. The zero-order valence-corrected chi connectivity index (χ0v) is 17.3. The van der Waals surface area contributed by atoms with E-state index >= 15 is 0 Å². The smallest absolute Gasteiger partial charge is 0.325 e. The van der Waals surface area contributed by atoms with Gasteiger partial charge in [-0.25, -0.2) is 4.39 Å². The van der Waals surface area contributed by atoms with Crippen LogP contribution in [0.15, 0.2) is 47.5 Å². The fourth-order valence-electron chi connectivity index (χ4n) is 3.07. The van der Waals surface area contributed by atoms with Gasteiger partial charge in [0.25, 0.3) is 5.91 Å². The molecule has 29 heavy (non-hydrogen) atoms. The predicted octanol–water partition coefficient (Wildman–Crippen LogP) is 3.60. The van der Waals surface area contributed by atoms with E-state index in [1.54, 1.807) is 24.3 Å². The van der Waals surface area contributed by atoms with Gasteiger partial charge in [-0.3, -0.25) is 9.59 Å². The molecule has 1 heterocycles. The monoisotopic (exact) mass is 415 g/mol. The van der Waals surface area contributed by atoms with Gasteiger partial charge in [-0.15, -0.1) is 0 Å². The molecule has 0 saturated carbocycles. The first-order valence-electron chi connectivity index (χ1n) is 9.27. The summed E-state index contributed by atoms with van der Waals surface area (Å²) in [6, 6.07) is 11.8. The van der Waals surface area contributed by atoms with Crippen molar-refractivity contribution < 1.29 is 18.7 Å². The molecule has 0 radical (unpaired) electrons. The third kappa shape index (κ3) is 4.37. The topological polar surface area (TPSA) is 63.9 Å². The molecule has 3 rings (SSSR count). The Morgan fingerprint density at radius 2 is 1.83 bits per heavy atom. The van der Waals surface area contributed by atoms with E-state index in [0.29, 0.717) is 10.3 Å². The Morgan fingerprint density at radius 1 is 1.14 bits per heavy atom. The van der Waals surface area contributed by atoms with Gasteiger partial charge in [-0.2, -0.15) is 4.99 Å². The van der Waals surface area contributed by atoms with Crippen LogP contribution < -0.4 is 9.70 Å². The summed E-state index contributed by atoms with van der Waals surface area (Å²) in [6.07, 6.45) is 0. The minimum absolute atomic E-state index is 0.228. The summed E-state index contributed by atoms with van der Waals surface area (Å²) < 4.78 is 21.0. The van der Waals surface area contributed by atoms with Crippen molar-refractivity contribution in [3.05, 3.63) is 58.6 Å². The van der Waals surface area contributed by atoms with Gasteiger partial charge in [0.1, 0.15) is 12.4 Å². The summed E-state index contributed by atoms with van der Waals surface area (Å²) in [6.45, 7) is 5.64. The van der Waals surface area contributed by atoms with E-state index in [4.69, 9.17) is 4.74 Å². The quantitative estimate of drug-likeness (QED) is 0.577. The van der Waals surface area contributed by atoms with Crippen molar-refractivity contribution in [1.29, 1.82) is 0 Å². The molecule has 8 heteroatoms. The third-order valence-electron chi connectivity index (χ3n) is 4.61. The molecule has 0 bridgehead atoms. The molecule has 0 aliphatic carbocycles. The molecule has 0 N–H and O–H groups in total. The second-order valence-corrected chi connectivity index (χ2v) is 7.28. The number of aromatic nitrogens is 1. The number of ether oxygens (including phenoxy) is 1. The molecule has 0 saturated heterocycles. The number of methoxy groups -OCH3 is 1. The van der Waals surface area contributed by atoms with Crippen molar-refractivity contribution >= 4 is 39.1 Å². The number of amides is 1. The highest BCUT2D eigenvalue weighted by molar-refractivity contribution is 7.16. The van der Waals surface area contributed by atoms with E-state index in [-0.39, 0.29) is 16.9 Å². The fourth-order valence-corrected chi connectivity index (χ4v) is 4.11. The molecule has 152 valence electrons. The number of nitrogens with zero attached hydrogens (tertiary/aromatic N) is 3. The Kier molecular flexibility index (Phi) is 6.43. The molecule has 1 aromatic heterocycles. The van der Waals surface area contributed by atoms with Gasteiger partial charge < -0.3 is 14.2 Å². The fraction of sp³-hybridized carbons (Fsp3) is 0.286. The Morgan fingerprint density at radius 3 is 2.45 bits per heavy atom. The van der Waals surface area contributed by atoms with Crippen molar-refractivity contribution in [3.63, 3.8) is 0 Å². The lowest BCUT2D eigenvalue weighted by atomic mass is 10.2. The molecule has 0 fully saturated rings. The van der Waals surface area contributed by atoms with E-state index in [9.17, 15) is 14.0 Å². The number of anilines is 1. The number of hydrogen-bond donors (Lipinski definition) is 0. The molecule has 0 aliphatic heterocycles. The SMILES string of the molecule is CCN(CC)c1ccc(C(=O)N=c2sc3cccc(F)c3n2CC(=O)OC)cc1. The van der Waals surface area contributed by atoms with Gasteiger partial charge in [0.2, 0.25) is 0 Å². The first kappa shape index (κ1) is 20.7. The number of benzene rings is 2. The number of esters is 1. The zero-order chi connectivity index (χ0) is 21.0. The summed E-state index contributed by atoms with van der Waals surface area (Å²) in [4.78, 5) is 31.1. The highest BCUT2D eigenvalue weighted by Gasteiger charge is 2.15. The van der Waals surface area contributed by atoms with Gasteiger partial charge in [0.15, 0.2) is 4.80 Å². The highest BCUT2D eigenvalue weighted by Crippen LogP contribution is 2.21. The summed E-state index contributed by atoms with van der Waals surface area (Å²) in [5, 5.41) is 0. The summed E-state index contributed by atoms with van der Waals surface area (Å²) in [5.74, 6) is -1.49. The standard InChI is InChI=1S/C21H22FN3O3S/c1-4-24(5-2)15-11-9-14(10-12-15)20(27)23-21-25(13-18(26)28-3)19-16(22)7-6-8-17(19)29-21/h6-12H,4-5,13H2,1-3H3. The minimum Gasteiger partial charge on any atom is -0.468 e. The Balaban J connectivity index is 2.03. The Labute approximate surface area is 171 Å². The molecule has 0 atom stereocenters. The lowest BCUT2D eigenvalue weighted by molar-refractivity contribution is -0.141. The molecule has 6 nitrogen and oxygen atoms in total. The number of rotatable bonds is 6. The number of carbonyl (C=O) groups is 2. The van der Waals surface area contributed by atoms with E-state index in [0.717, 1.165) is 30.1 Å². The van der Waals surface area contributed by atoms with Gasteiger partial charge >= 0.3 is 5.97 Å². The predicted molar refractivity (Wildman–Crippen MR) is 112 cm³/mol. The van der Waals surface area contributed by atoms with E-state index < -0.39 is 17.7 Å². The van der Waals surface area contributed by atoms with Crippen LogP contribution >= 0.6 is 11.3 Å². The zero-order valence-electron chi connectivity index (χ0n) is 16.5. The normalized spacial score (nSPS) is 11.7. The average molecular weight is 415 g/mol. The van der Waals surface area contributed by atoms with Crippen molar-refractivity contribution in [2.45, 2.75) is 20.4 Å². The molecule has 0 unspecified atom stereocenters. The molecular formula is C21H22FN3O3S. The van der Waals surface area contributed by atoms with Crippen molar-refractivity contribution in [3.8, 4) is 0 Å². The molecule has 1 amide bonds. The van der Waals surface area contributed by atoms with Crippen LogP contribution in [0.1, 0.15) is 24.2 Å². The van der Waals surface area contributed by atoms with Gasteiger partial charge in [0, 0.05) is 24.3 Å². The second-order valence-electron chi connectivity index (χ2n) is 6.27. The summed E-state index contributed by atoms with van der Waals surface area (Å²) >= 11 is 1.15. The van der Waals surface area contributed by atoms with Gasteiger partial charge in [-0.05, 0) is 50.2 Å². The first-order chi connectivity index (χ1) is 14.0. The minimum atomic E-state index is -0.551. The van der Waals surface area contributed by atoms with Crippen LogP contribution in [0.2, 0.25) is 0 Å². The summed E-state index contributed by atoms with van der Waals surface area (Å²) in [7, 11) is 1.26. The number of fused-ring (bicyclic) bond motifs is 1. The Bertz CT molecular complexity index is 1100. The first-order valence-corrected chi connectivity index (χ1v) is 10.1. The molecule has 2 aromatic carbocycles. The largest absolute Gasteiger partial charge is 0.468 e. The molecular weight excluding hydrogens is 393 g/mol. The van der Waals surface area contributed by atoms with Crippen LogP contribution in [0, 0.1) is 5.82 Å². The second kappa shape index (κ2) is 9.00. The van der Waals surface area contributed by atoms with Crippen molar-refractivity contribution in [2.24, 2.45) is 4.99 Å². The summed E-state index contributed by atoms with van der Waals surface area (Å²) in [5.41, 5.74) is 1.67. The molecule has 3 aromatic rings. The number of para-hydroxylation sites is 1. The Hall–Kier alpha value is -3.00. The van der Waals surface area contributed by atoms with Crippen LogP contribution in [-0.4, -0.2) is 36.6 Å². The van der Waals surface area contributed by atoms with Crippen LogP contribution in [0.25, 0.3) is 10.2 Å². The van der Waals surface area contributed by atoms with E-state index in [2.05, 4.69) is 23.7 Å². The van der Waals surface area contributed by atoms with Crippen LogP contribution in [0.4, 0.5) is 10.1 Å². The number of thiazole rings is 1. The van der Waals surface area contributed by atoms with E-state index in [1.807, 2.05) is 12.1 Å². The van der Waals surface area contributed by atoms with Gasteiger partial charge in [0.05, 0.1) is 17.3 Å². The maximum Gasteiger partial charge on any atom is 0.325 e. The lowest BCUT2D eigenvalue weighted by Gasteiger charge is -2.20. The molecule has 0 spiro atoms. The van der Waals surface area contributed by atoms with Crippen molar-refractivity contribution in [2.75, 3.05) is 25.1 Å². The molecule has 0 aliphatic rings. The van der Waals surface area contributed by atoms with E-state index in [1.165, 1.54) is 17.7 Å². The number of carbonyl (C=O) groups excluding carboxylic acids is 2. The lowest BCUT2D eigenvalue weighted by Crippen LogP contribution is -2.23. The maximum atomic E-state index is 14.4. The third-order valence-corrected chi connectivity index (χ3v) is 5.65. The van der Waals surface area contributed by atoms with Crippen LogP contribution in [0.3, 0.4) is 0 Å². The maximum absolute atomic E-state index is 14.4. The number of hydrogen-bond acceptors (Lipinski definition) is 5.